The predicted octanol–water partition coefficient (Wildman–Crippen LogP) is 0.420. The molecule has 5 heterocycles. The lowest BCUT2D eigenvalue weighted by Gasteiger charge is -2.45. The van der Waals surface area contributed by atoms with E-state index in [0.29, 0.717) is 24.3 Å². The van der Waals surface area contributed by atoms with Crippen LogP contribution in [-0.2, 0) is 19.7 Å². The molecule has 1 unspecified atom stereocenters. The number of nitrogens with zero attached hydrogens (tertiary/aromatic N) is 1. The fourth-order valence-electron chi connectivity index (χ4n) is 5.02. The largest absolute Gasteiger partial charge is 1.00 e. The molecular weight excluding hydrogens is 446 g/mol. The molecule has 0 amide bonds. The number of quaternary nitrogens is 1. The van der Waals surface area contributed by atoms with Crippen LogP contribution in [0.3, 0.4) is 0 Å². The Kier molecular flexibility index (Phi) is 4.83. The number of morpholine rings is 1. The van der Waals surface area contributed by atoms with E-state index >= 15 is 0 Å². The molecule has 0 radical (unpaired) electrons. The normalized spacial score (nSPS) is 33.1. The Bertz CT molecular complexity index is 766. The van der Waals surface area contributed by atoms with Crippen molar-refractivity contribution in [1.29, 1.82) is 0 Å². The number of carbonyl (C=O) groups is 1. The minimum absolute atomic E-state index is 0. The summed E-state index contributed by atoms with van der Waals surface area (Å²) in [5.41, 5.74) is -0.720. The predicted molar refractivity (Wildman–Crippen MR) is 103 cm³/mol. The molecule has 146 valence electrons. The zero-order valence-electron chi connectivity index (χ0n) is 15.6. The number of fused-ring (bicyclic) bond motifs is 5. The van der Waals surface area contributed by atoms with E-state index in [4.69, 9.17) is 9.47 Å². The third-order valence-corrected chi connectivity index (χ3v) is 8.93. The van der Waals surface area contributed by atoms with Gasteiger partial charge in [-0.25, -0.2) is 0 Å². The number of piperidine rings is 1. The van der Waals surface area contributed by atoms with Gasteiger partial charge in [0.2, 0.25) is 0 Å². The molecule has 2 bridgehead atoms. The van der Waals surface area contributed by atoms with E-state index in [1.54, 1.807) is 22.7 Å². The molecule has 3 saturated heterocycles. The number of thiophene rings is 2. The van der Waals surface area contributed by atoms with Crippen molar-refractivity contribution in [2.24, 2.45) is 0 Å². The highest BCUT2D eigenvalue weighted by molar-refractivity contribution is 7.12. The summed E-state index contributed by atoms with van der Waals surface area (Å²) in [5.74, 6) is -0.117. The first-order chi connectivity index (χ1) is 12.4. The minimum Gasteiger partial charge on any atom is -1.00 e. The lowest BCUT2D eigenvalue weighted by Crippen LogP contribution is -3.00. The lowest BCUT2D eigenvalue weighted by atomic mass is 9.86. The summed E-state index contributed by atoms with van der Waals surface area (Å²) < 4.78 is 13.0. The number of hydrogen-bond donors (Lipinski definition) is 0. The van der Waals surface area contributed by atoms with Gasteiger partial charge in [-0.1, -0.05) is 12.1 Å². The van der Waals surface area contributed by atoms with E-state index in [9.17, 15) is 4.79 Å². The summed E-state index contributed by atoms with van der Waals surface area (Å²) in [6.45, 7) is 2.00. The molecule has 7 heteroatoms. The molecule has 27 heavy (non-hydrogen) atoms. The van der Waals surface area contributed by atoms with Crippen LogP contribution in [0, 0.1) is 0 Å². The molecule has 4 nitrogen and oxygen atoms in total. The second kappa shape index (κ2) is 6.66. The molecule has 0 spiro atoms. The van der Waals surface area contributed by atoms with Gasteiger partial charge in [-0.2, -0.15) is 0 Å². The van der Waals surface area contributed by atoms with Gasteiger partial charge in [-0.3, -0.25) is 4.79 Å². The summed E-state index contributed by atoms with van der Waals surface area (Å²) in [7, 11) is 4.59. The fourth-order valence-corrected chi connectivity index (χ4v) is 6.86. The highest BCUT2D eigenvalue weighted by atomic mass is 79.9. The summed E-state index contributed by atoms with van der Waals surface area (Å²) in [4.78, 5) is 15.5. The van der Waals surface area contributed by atoms with Crippen LogP contribution in [0.15, 0.2) is 35.0 Å². The number of halogens is 1. The van der Waals surface area contributed by atoms with Gasteiger partial charge in [0.05, 0.1) is 14.1 Å². The Hall–Kier alpha value is -0.730. The van der Waals surface area contributed by atoms with Gasteiger partial charge in [0.25, 0.3) is 0 Å². The fraction of sp³-hybridized carbons (Fsp3) is 0.550. The number of likely N-dealkylation sites (N-methyl/N-ethyl adjacent to an activating group) is 1. The molecule has 0 aromatic carbocycles. The minimum atomic E-state index is -0.720. The van der Waals surface area contributed by atoms with Crippen molar-refractivity contribution in [3.8, 4) is 0 Å². The number of hydrogen-bond acceptors (Lipinski definition) is 5. The highest BCUT2D eigenvalue weighted by Gasteiger charge is 2.70. The van der Waals surface area contributed by atoms with Crippen molar-refractivity contribution in [2.45, 2.75) is 55.6 Å². The SMILES string of the molecule is CC(C(=O)OC1C[C@@H]2[C@H]3O[C@H]3[C@H](C1)[N+]2(C)C)(c1cccs1)c1cccs1.[Br-]. The first-order valence-electron chi connectivity index (χ1n) is 9.20. The zero-order chi connectivity index (χ0) is 18.1. The summed E-state index contributed by atoms with van der Waals surface area (Å²) in [6, 6.07) is 8.99. The molecule has 0 saturated carbocycles. The van der Waals surface area contributed by atoms with Crippen molar-refractivity contribution >= 4 is 28.6 Å². The van der Waals surface area contributed by atoms with Crippen molar-refractivity contribution in [3.63, 3.8) is 0 Å². The van der Waals surface area contributed by atoms with E-state index in [-0.39, 0.29) is 29.1 Å². The molecule has 3 fully saturated rings. The van der Waals surface area contributed by atoms with E-state index in [0.717, 1.165) is 27.1 Å². The molecule has 5 rings (SSSR count). The average molecular weight is 470 g/mol. The number of ether oxygens (including phenoxy) is 2. The third-order valence-electron chi connectivity index (χ3n) is 6.75. The van der Waals surface area contributed by atoms with Crippen molar-refractivity contribution in [3.05, 3.63) is 44.8 Å². The van der Waals surface area contributed by atoms with Gasteiger partial charge >= 0.3 is 5.97 Å². The van der Waals surface area contributed by atoms with Crippen LogP contribution in [0.25, 0.3) is 0 Å². The van der Waals surface area contributed by atoms with E-state index in [1.165, 1.54) is 0 Å². The zero-order valence-corrected chi connectivity index (χ0v) is 18.9. The number of esters is 1. The Morgan fingerprint density at radius 3 is 2.07 bits per heavy atom. The lowest BCUT2D eigenvalue weighted by molar-refractivity contribution is -0.938. The Morgan fingerprint density at radius 2 is 1.63 bits per heavy atom. The van der Waals surface area contributed by atoms with Crippen LogP contribution in [0.1, 0.15) is 29.5 Å². The maximum absolute atomic E-state index is 13.4. The molecule has 0 N–H and O–H groups in total. The maximum Gasteiger partial charge on any atom is 0.322 e. The van der Waals surface area contributed by atoms with Gasteiger partial charge in [-0.15, -0.1) is 22.7 Å². The first-order valence-corrected chi connectivity index (χ1v) is 11.0. The Balaban J connectivity index is 0.00000180. The Morgan fingerprint density at radius 1 is 1.11 bits per heavy atom. The monoisotopic (exact) mass is 469 g/mol. The maximum atomic E-state index is 13.4. The number of rotatable bonds is 4. The highest BCUT2D eigenvalue weighted by Crippen LogP contribution is 2.52. The van der Waals surface area contributed by atoms with Gasteiger partial charge in [0.15, 0.2) is 0 Å². The van der Waals surface area contributed by atoms with Crippen molar-refractivity contribution < 1.29 is 35.7 Å². The van der Waals surface area contributed by atoms with Crippen LogP contribution in [-0.4, -0.2) is 54.9 Å². The first kappa shape index (κ1) is 19.6. The molecule has 2 aromatic rings. The van der Waals surface area contributed by atoms with E-state index in [1.807, 2.05) is 41.9 Å². The second-order valence-electron chi connectivity index (χ2n) is 8.41. The van der Waals surface area contributed by atoms with Crippen LogP contribution < -0.4 is 17.0 Å². The summed E-state index contributed by atoms with van der Waals surface area (Å²) in [6.07, 6.45) is 2.56. The standard InChI is InChI=1S/C20H24NO3S2.BrH/c1-20(15-6-4-8-25-15,16-7-5-9-26-16)19(22)23-12-10-13-17-18(24-17)14(11-12)21(13,2)3;/h4-9,12-14,17-18H,10-11H2,1-3H3;1H/q+1;/p-1/t12?,13-,14+,17-,18+;. The van der Waals surface area contributed by atoms with Crippen LogP contribution >= 0.6 is 22.7 Å². The van der Waals surface area contributed by atoms with Gasteiger partial charge < -0.3 is 30.9 Å². The quantitative estimate of drug-likeness (QED) is 0.370. The van der Waals surface area contributed by atoms with Gasteiger partial charge in [0.1, 0.15) is 35.8 Å². The van der Waals surface area contributed by atoms with Gasteiger partial charge in [-0.05, 0) is 29.8 Å². The molecule has 3 aliphatic heterocycles. The van der Waals surface area contributed by atoms with Crippen LogP contribution in [0.4, 0.5) is 0 Å². The molecule has 3 aliphatic rings. The molecule has 0 aliphatic carbocycles. The summed E-state index contributed by atoms with van der Waals surface area (Å²) in [5, 5.41) is 4.06. The second-order valence-corrected chi connectivity index (χ2v) is 10.3. The molecule has 5 atom stereocenters. The van der Waals surface area contributed by atoms with Gasteiger partial charge in [0, 0.05) is 22.6 Å². The third kappa shape index (κ3) is 2.85. The number of epoxide rings is 1. The van der Waals surface area contributed by atoms with Crippen LogP contribution in [0.5, 0.6) is 0 Å². The smallest absolute Gasteiger partial charge is 0.322 e. The van der Waals surface area contributed by atoms with Crippen LogP contribution in [0.2, 0.25) is 0 Å². The van der Waals surface area contributed by atoms with E-state index < -0.39 is 5.41 Å². The van der Waals surface area contributed by atoms with E-state index in [2.05, 4.69) is 14.1 Å². The molecule has 2 aromatic heterocycles. The molecular formula is C20H24BrNO3S2. The number of carbonyl (C=O) groups excluding carboxylic acids is 1. The summed E-state index contributed by atoms with van der Waals surface area (Å²) >= 11 is 3.24. The van der Waals surface area contributed by atoms with Crippen molar-refractivity contribution in [2.75, 3.05) is 14.1 Å². The Labute approximate surface area is 178 Å². The average Bonchev–Trinajstić information content (AvgIpc) is 2.98. The van der Waals surface area contributed by atoms with Crippen molar-refractivity contribution in [1.82, 2.24) is 0 Å². The topological polar surface area (TPSA) is 38.8 Å².